The van der Waals surface area contributed by atoms with E-state index in [-0.39, 0.29) is 0 Å². The van der Waals surface area contributed by atoms with Gasteiger partial charge in [0.1, 0.15) is 0 Å². The molecule has 0 aliphatic heterocycles. The lowest BCUT2D eigenvalue weighted by molar-refractivity contribution is 0.768. The van der Waals surface area contributed by atoms with Crippen LogP contribution in [0.2, 0.25) is 0 Å². The molecule has 0 unspecified atom stereocenters. The number of benzene rings is 9. The van der Waals surface area contributed by atoms with Crippen molar-refractivity contribution in [3.8, 4) is 33.4 Å². The number of nitrogens with zero attached hydrogens (tertiary/aromatic N) is 1. The maximum absolute atomic E-state index is 2.43. The summed E-state index contributed by atoms with van der Waals surface area (Å²) in [6, 6.07) is 81.9. The van der Waals surface area contributed by atoms with E-state index in [1.807, 2.05) is 0 Å². The second-order valence-electron chi connectivity index (χ2n) is 14.0. The molecule has 0 fully saturated rings. The number of anilines is 3. The summed E-state index contributed by atoms with van der Waals surface area (Å²) in [6.45, 7) is 0. The summed E-state index contributed by atoms with van der Waals surface area (Å²) in [5.41, 5.74) is 15.4. The van der Waals surface area contributed by atoms with E-state index in [0.717, 1.165) is 17.1 Å². The molecule has 1 heteroatoms. The molecule has 0 spiro atoms. The van der Waals surface area contributed by atoms with Gasteiger partial charge in [0.15, 0.2) is 0 Å². The summed E-state index contributed by atoms with van der Waals surface area (Å²) in [4.78, 5) is 2.43. The zero-order valence-corrected chi connectivity index (χ0v) is 29.8. The van der Waals surface area contributed by atoms with Crippen LogP contribution in [-0.2, 0) is 5.41 Å². The minimum absolute atomic E-state index is 0.470. The van der Waals surface area contributed by atoms with Gasteiger partial charge in [-0.3, -0.25) is 0 Å². The highest BCUT2D eigenvalue weighted by Crippen LogP contribution is 2.59. The van der Waals surface area contributed by atoms with E-state index in [1.165, 1.54) is 66.4 Å². The standard InChI is InChI=1S/C53H37N/c1-4-20-40(21-5-1)53(41-22-6-2-7-23-41)49-31-15-14-29-48(49)52-50(53)32-17-33-51(52)54(42-24-8-3-9-25-42)43-36-34-39(35-37-43)45-27-12-13-28-46(45)47-30-16-19-38-18-10-11-26-44(38)47/h1-37H. The summed E-state index contributed by atoms with van der Waals surface area (Å²) >= 11 is 0. The van der Waals surface area contributed by atoms with E-state index >= 15 is 0 Å². The Morgan fingerprint density at radius 1 is 0.315 bits per heavy atom. The van der Waals surface area contributed by atoms with Gasteiger partial charge in [0, 0.05) is 16.9 Å². The number of fused-ring (bicyclic) bond motifs is 4. The molecule has 0 amide bonds. The Kier molecular flexibility index (Phi) is 7.78. The predicted octanol–water partition coefficient (Wildman–Crippen LogP) is 14.0. The smallest absolute Gasteiger partial charge is 0.0714 e. The first-order chi connectivity index (χ1) is 26.8. The van der Waals surface area contributed by atoms with Crippen molar-refractivity contribution in [3.05, 3.63) is 247 Å². The van der Waals surface area contributed by atoms with Gasteiger partial charge >= 0.3 is 0 Å². The third kappa shape index (κ3) is 5.01. The van der Waals surface area contributed by atoms with Crippen molar-refractivity contribution in [2.45, 2.75) is 5.41 Å². The Balaban J connectivity index is 1.17. The second-order valence-corrected chi connectivity index (χ2v) is 14.0. The van der Waals surface area contributed by atoms with Gasteiger partial charge in [-0.2, -0.15) is 0 Å². The second kappa shape index (κ2) is 13.2. The van der Waals surface area contributed by atoms with Gasteiger partial charge in [0.05, 0.1) is 11.1 Å². The van der Waals surface area contributed by atoms with E-state index in [2.05, 4.69) is 229 Å². The first-order valence-electron chi connectivity index (χ1n) is 18.7. The van der Waals surface area contributed by atoms with Gasteiger partial charge < -0.3 is 4.90 Å². The predicted molar refractivity (Wildman–Crippen MR) is 227 cm³/mol. The molecule has 1 aliphatic rings. The number of hydrogen-bond acceptors (Lipinski definition) is 1. The van der Waals surface area contributed by atoms with E-state index in [0.29, 0.717) is 0 Å². The highest BCUT2D eigenvalue weighted by atomic mass is 15.1. The van der Waals surface area contributed by atoms with Crippen molar-refractivity contribution in [1.29, 1.82) is 0 Å². The molecule has 9 aromatic carbocycles. The summed E-state index contributed by atoms with van der Waals surface area (Å²) in [6.07, 6.45) is 0. The normalized spacial score (nSPS) is 12.6. The molecule has 254 valence electrons. The Morgan fingerprint density at radius 2 is 0.815 bits per heavy atom. The molecule has 0 N–H and O–H groups in total. The lowest BCUT2D eigenvalue weighted by Gasteiger charge is -2.34. The third-order valence-electron chi connectivity index (χ3n) is 11.2. The van der Waals surface area contributed by atoms with Crippen molar-refractivity contribution in [1.82, 2.24) is 0 Å². The largest absolute Gasteiger partial charge is 0.310 e. The van der Waals surface area contributed by atoms with E-state index in [9.17, 15) is 0 Å². The third-order valence-corrected chi connectivity index (χ3v) is 11.2. The highest BCUT2D eigenvalue weighted by Gasteiger charge is 2.47. The summed E-state index contributed by atoms with van der Waals surface area (Å²) in [7, 11) is 0. The van der Waals surface area contributed by atoms with Crippen LogP contribution < -0.4 is 4.90 Å². The van der Waals surface area contributed by atoms with Crippen LogP contribution in [0.3, 0.4) is 0 Å². The molecule has 54 heavy (non-hydrogen) atoms. The molecule has 0 heterocycles. The fraction of sp³-hybridized carbons (Fsp3) is 0.0189. The summed E-state index contributed by atoms with van der Waals surface area (Å²) < 4.78 is 0. The first kappa shape index (κ1) is 31.7. The topological polar surface area (TPSA) is 3.24 Å². The molecule has 10 rings (SSSR count). The molecule has 9 aromatic rings. The number of hydrogen-bond donors (Lipinski definition) is 0. The molecule has 1 nitrogen and oxygen atoms in total. The number of para-hydroxylation sites is 1. The van der Waals surface area contributed by atoms with Gasteiger partial charge in [0.25, 0.3) is 0 Å². The van der Waals surface area contributed by atoms with Crippen LogP contribution in [0.15, 0.2) is 224 Å². The fourth-order valence-electron chi connectivity index (χ4n) is 8.88. The van der Waals surface area contributed by atoms with Crippen molar-refractivity contribution < 1.29 is 0 Å². The van der Waals surface area contributed by atoms with Gasteiger partial charge in [0.2, 0.25) is 0 Å². The average Bonchev–Trinajstić information content (AvgIpc) is 3.57. The van der Waals surface area contributed by atoms with E-state index in [4.69, 9.17) is 0 Å². The molecule has 0 saturated carbocycles. The van der Waals surface area contributed by atoms with E-state index in [1.54, 1.807) is 0 Å². The van der Waals surface area contributed by atoms with Crippen LogP contribution in [-0.4, -0.2) is 0 Å². The van der Waals surface area contributed by atoms with Crippen LogP contribution >= 0.6 is 0 Å². The summed E-state index contributed by atoms with van der Waals surface area (Å²) in [5.74, 6) is 0. The van der Waals surface area contributed by atoms with Crippen LogP contribution in [0, 0.1) is 0 Å². The Labute approximate surface area is 317 Å². The fourth-order valence-corrected chi connectivity index (χ4v) is 8.88. The van der Waals surface area contributed by atoms with Crippen LogP contribution in [0.4, 0.5) is 17.1 Å². The lowest BCUT2D eigenvalue weighted by atomic mass is 9.68. The molecular weight excluding hydrogens is 651 g/mol. The Hall–Kier alpha value is -6.96. The lowest BCUT2D eigenvalue weighted by Crippen LogP contribution is -2.28. The summed E-state index contributed by atoms with van der Waals surface area (Å²) in [5, 5.41) is 2.51. The quantitative estimate of drug-likeness (QED) is 0.161. The average molecular weight is 688 g/mol. The van der Waals surface area contributed by atoms with Gasteiger partial charge in [-0.05, 0) is 91.2 Å². The maximum atomic E-state index is 2.43. The first-order valence-corrected chi connectivity index (χ1v) is 18.7. The molecule has 0 aromatic heterocycles. The Bertz CT molecular complexity index is 2700. The van der Waals surface area contributed by atoms with Crippen molar-refractivity contribution in [2.24, 2.45) is 0 Å². The van der Waals surface area contributed by atoms with Crippen LogP contribution in [0.5, 0.6) is 0 Å². The zero-order chi connectivity index (χ0) is 35.9. The minimum atomic E-state index is -0.470. The zero-order valence-electron chi connectivity index (χ0n) is 29.8. The van der Waals surface area contributed by atoms with Crippen molar-refractivity contribution in [2.75, 3.05) is 4.90 Å². The molecule has 0 radical (unpaired) electrons. The SMILES string of the molecule is c1ccc(N(c2ccc(-c3ccccc3-c3cccc4ccccc34)cc2)c2cccc3c2-c2ccccc2C3(c2ccccc2)c2ccccc2)cc1. The molecular formula is C53H37N. The van der Waals surface area contributed by atoms with Gasteiger partial charge in [-0.25, -0.2) is 0 Å². The molecule has 0 saturated heterocycles. The van der Waals surface area contributed by atoms with Crippen LogP contribution in [0.25, 0.3) is 44.2 Å². The molecule has 0 atom stereocenters. The molecule has 0 bridgehead atoms. The number of rotatable bonds is 7. The van der Waals surface area contributed by atoms with Gasteiger partial charge in [-0.15, -0.1) is 0 Å². The highest BCUT2D eigenvalue weighted by molar-refractivity contribution is 6.01. The monoisotopic (exact) mass is 687 g/mol. The maximum Gasteiger partial charge on any atom is 0.0714 e. The van der Waals surface area contributed by atoms with E-state index < -0.39 is 5.41 Å². The van der Waals surface area contributed by atoms with Gasteiger partial charge in [-0.1, -0.05) is 194 Å². The van der Waals surface area contributed by atoms with Crippen molar-refractivity contribution in [3.63, 3.8) is 0 Å². The molecule has 1 aliphatic carbocycles. The van der Waals surface area contributed by atoms with Crippen LogP contribution in [0.1, 0.15) is 22.3 Å². The van der Waals surface area contributed by atoms with Crippen molar-refractivity contribution >= 4 is 27.8 Å². The Morgan fingerprint density at radius 3 is 1.54 bits per heavy atom. The minimum Gasteiger partial charge on any atom is -0.310 e.